The Bertz CT molecular complexity index is 1670. The Kier molecular flexibility index (Phi) is 6.25. The molecule has 8 nitrogen and oxygen atoms in total. The maximum Gasteiger partial charge on any atom is 0.404 e. The zero-order valence-corrected chi connectivity index (χ0v) is 22.9. The number of nitrogens with two attached hydrogens (primary N) is 1. The number of carbonyl (C=O) groups is 2. The molecule has 210 valence electrons. The van der Waals surface area contributed by atoms with Crippen LogP contribution in [0.1, 0.15) is 83.4 Å². The number of aromatic nitrogens is 3. The second-order valence-electron chi connectivity index (χ2n) is 11.7. The van der Waals surface area contributed by atoms with E-state index >= 15 is 4.39 Å². The zero-order valence-electron chi connectivity index (χ0n) is 22.9. The number of halogens is 1. The minimum Gasteiger partial charge on any atom is -0.449 e. The number of benzene rings is 2. The average Bonchev–Trinajstić information content (AvgIpc) is 3.70. The van der Waals surface area contributed by atoms with Gasteiger partial charge in [-0.1, -0.05) is 30.3 Å². The number of primary amides is 1. The molecule has 2 fully saturated rings. The molecule has 4 aromatic rings. The first-order valence-corrected chi connectivity index (χ1v) is 14.4. The molecule has 0 unspecified atom stereocenters. The molecule has 3 heterocycles. The lowest BCUT2D eigenvalue weighted by atomic mass is 9.71. The number of hydrogen-bond acceptors (Lipinski definition) is 5. The molecule has 2 saturated carbocycles. The van der Waals surface area contributed by atoms with E-state index < -0.39 is 6.09 Å². The standard InChI is InChI=1S/C32H32FN5O3/c1-18-24-5-3-2-4-20(24)10-11-37(18)31(39)28-15-29(21-6-7-21)38-30(35-28)16-27(36-38)25-9-8-22(14-26(25)33)23-12-19(13-23)17-41-32(34)40/h2-5,8-9,14-16,18-19,21,23H,6-7,10-13,17H2,1H3,(H2,34,40)/t18-,19-,23-/m1/s1. The third kappa shape index (κ3) is 4.73. The van der Waals surface area contributed by atoms with Gasteiger partial charge in [0.05, 0.1) is 18.3 Å². The van der Waals surface area contributed by atoms with Gasteiger partial charge in [-0.15, -0.1) is 0 Å². The summed E-state index contributed by atoms with van der Waals surface area (Å²) in [6, 6.07) is 17.2. The van der Waals surface area contributed by atoms with E-state index in [4.69, 9.17) is 20.6 Å². The second kappa shape index (κ2) is 9.98. The molecule has 7 rings (SSSR count). The molecule has 0 radical (unpaired) electrons. The minimum atomic E-state index is -0.765. The molecule has 0 spiro atoms. The average molecular weight is 554 g/mol. The quantitative estimate of drug-likeness (QED) is 0.327. The van der Waals surface area contributed by atoms with Crippen molar-refractivity contribution in [2.75, 3.05) is 13.2 Å². The topological polar surface area (TPSA) is 103 Å². The molecule has 2 N–H and O–H groups in total. The zero-order chi connectivity index (χ0) is 28.2. The summed E-state index contributed by atoms with van der Waals surface area (Å²) in [4.78, 5) is 31.2. The fourth-order valence-electron chi connectivity index (χ4n) is 6.44. The molecular weight excluding hydrogens is 521 g/mol. The number of hydrogen-bond donors (Lipinski definition) is 1. The van der Waals surface area contributed by atoms with E-state index in [9.17, 15) is 9.59 Å². The van der Waals surface area contributed by atoms with E-state index in [1.54, 1.807) is 22.7 Å². The van der Waals surface area contributed by atoms with Crippen molar-refractivity contribution in [2.45, 2.75) is 56.9 Å². The number of rotatable bonds is 6. The fourth-order valence-corrected chi connectivity index (χ4v) is 6.44. The predicted molar refractivity (Wildman–Crippen MR) is 151 cm³/mol. The van der Waals surface area contributed by atoms with E-state index in [1.807, 2.05) is 29.2 Å². The smallest absolute Gasteiger partial charge is 0.404 e. The molecule has 2 aromatic carbocycles. The number of fused-ring (bicyclic) bond motifs is 2. The number of amides is 2. The van der Waals surface area contributed by atoms with E-state index in [-0.39, 0.29) is 29.6 Å². The lowest BCUT2D eigenvalue weighted by molar-refractivity contribution is 0.0671. The van der Waals surface area contributed by atoms with Crippen molar-refractivity contribution in [3.05, 3.63) is 88.5 Å². The highest BCUT2D eigenvalue weighted by atomic mass is 19.1. The van der Waals surface area contributed by atoms with Gasteiger partial charge in [-0.25, -0.2) is 18.7 Å². The first kappa shape index (κ1) is 25.7. The van der Waals surface area contributed by atoms with Crippen LogP contribution in [-0.4, -0.2) is 44.7 Å². The van der Waals surface area contributed by atoms with Crippen LogP contribution >= 0.6 is 0 Å². The Morgan fingerprint density at radius 3 is 2.63 bits per heavy atom. The van der Waals surface area contributed by atoms with Crippen molar-refractivity contribution >= 4 is 17.6 Å². The third-order valence-electron chi connectivity index (χ3n) is 8.96. The van der Waals surface area contributed by atoms with Gasteiger partial charge in [0.15, 0.2) is 5.65 Å². The predicted octanol–water partition coefficient (Wildman–Crippen LogP) is 5.76. The summed E-state index contributed by atoms with van der Waals surface area (Å²) in [6.45, 7) is 3.02. The lowest BCUT2D eigenvalue weighted by Gasteiger charge is -2.35. The minimum absolute atomic E-state index is 0.0374. The van der Waals surface area contributed by atoms with E-state index in [2.05, 4.69) is 19.1 Å². The van der Waals surface area contributed by atoms with Crippen molar-refractivity contribution in [1.82, 2.24) is 19.5 Å². The number of nitrogens with zero attached hydrogens (tertiary/aromatic N) is 4. The van der Waals surface area contributed by atoms with Gasteiger partial charge in [-0.05, 0) is 85.8 Å². The molecule has 0 saturated heterocycles. The maximum atomic E-state index is 15.4. The van der Waals surface area contributed by atoms with E-state index in [0.29, 0.717) is 41.7 Å². The first-order chi connectivity index (χ1) is 19.9. The van der Waals surface area contributed by atoms with Gasteiger partial charge in [0, 0.05) is 29.8 Å². The largest absolute Gasteiger partial charge is 0.449 e. The summed E-state index contributed by atoms with van der Waals surface area (Å²) in [6.07, 6.45) is 3.77. The Morgan fingerprint density at radius 1 is 1.07 bits per heavy atom. The molecule has 2 amide bonds. The summed E-state index contributed by atoms with van der Waals surface area (Å²) >= 11 is 0. The number of ether oxygens (including phenoxy) is 1. The molecular formula is C32H32FN5O3. The van der Waals surface area contributed by atoms with Gasteiger partial charge in [0.1, 0.15) is 11.5 Å². The Hall–Kier alpha value is -4.27. The van der Waals surface area contributed by atoms with Gasteiger partial charge in [-0.3, -0.25) is 4.79 Å². The summed E-state index contributed by atoms with van der Waals surface area (Å²) in [5.74, 6) is 0.362. The Morgan fingerprint density at radius 2 is 1.88 bits per heavy atom. The molecule has 2 aromatic heterocycles. The summed E-state index contributed by atoms with van der Waals surface area (Å²) in [5.41, 5.74) is 11.3. The molecule has 2 aliphatic carbocycles. The first-order valence-electron chi connectivity index (χ1n) is 14.4. The SMILES string of the molecule is C[C@@H]1c2ccccc2CCN1C(=O)c1cc(C2CC2)n2nc(-c3ccc([C@H]4C[C@H](COC(N)=O)C4)cc3F)cc2n1. The van der Waals surface area contributed by atoms with Crippen LogP contribution in [0.2, 0.25) is 0 Å². The van der Waals surface area contributed by atoms with Crippen LogP contribution in [0.15, 0.2) is 54.6 Å². The normalized spacial score (nSPS) is 21.8. The lowest BCUT2D eigenvalue weighted by Crippen LogP contribution is -2.39. The molecule has 3 aliphatic rings. The summed E-state index contributed by atoms with van der Waals surface area (Å²) in [5, 5.41) is 4.75. The highest BCUT2D eigenvalue weighted by molar-refractivity contribution is 5.93. The van der Waals surface area contributed by atoms with Crippen LogP contribution in [0.5, 0.6) is 0 Å². The van der Waals surface area contributed by atoms with E-state index in [0.717, 1.165) is 43.4 Å². The third-order valence-corrected chi connectivity index (χ3v) is 8.96. The summed E-state index contributed by atoms with van der Waals surface area (Å²) < 4.78 is 22.1. The van der Waals surface area contributed by atoms with Gasteiger partial charge in [0.2, 0.25) is 0 Å². The van der Waals surface area contributed by atoms with Gasteiger partial charge in [-0.2, -0.15) is 5.10 Å². The molecule has 9 heteroatoms. The Labute approximate surface area is 237 Å². The molecule has 1 aliphatic heterocycles. The van der Waals surface area contributed by atoms with E-state index in [1.165, 1.54) is 11.1 Å². The van der Waals surface area contributed by atoms with Crippen LogP contribution in [0.3, 0.4) is 0 Å². The van der Waals surface area contributed by atoms with Crippen LogP contribution in [0.4, 0.5) is 9.18 Å². The molecule has 41 heavy (non-hydrogen) atoms. The van der Waals surface area contributed by atoms with Crippen LogP contribution in [0, 0.1) is 11.7 Å². The second-order valence-corrected chi connectivity index (χ2v) is 11.7. The number of carbonyl (C=O) groups excluding carboxylic acids is 2. The van der Waals surface area contributed by atoms with Crippen molar-refractivity contribution < 1.29 is 18.7 Å². The maximum absolute atomic E-state index is 15.4. The van der Waals surface area contributed by atoms with Crippen LogP contribution in [0.25, 0.3) is 16.9 Å². The van der Waals surface area contributed by atoms with Gasteiger partial charge < -0.3 is 15.4 Å². The highest BCUT2D eigenvalue weighted by Crippen LogP contribution is 2.43. The molecule has 1 atom stereocenters. The summed E-state index contributed by atoms with van der Waals surface area (Å²) in [7, 11) is 0. The van der Waals surface area contributed by atoms with Gasteiger partial charge in [0.25, 0.3) is 5.91 Å². The van der Waals surface area contributed by atoms with Crippen LogP contribution < -0.4 is 5.73 Å². The highest BCUT2D eigenvalue weighted by Gasteiger charge is 2.34. The van der Waals surface area contributed by atoms with Crippen LogP contribution in [-0.2, 0) is 11.2 Å². The van der Waals surface area contributed by atoms with Crippen molar-refractivity contribution in [3.63, 3.8) is 0 Å². The molecule has 0 bridgehead atoms. The monoisotopic (exact) mass is 553 g/mol. The Balaban J connectivity index is 1.15. The fraction of sp³-hybridized carbons (Fsp3) is 0.375. The van der Waals surface area contributed by atoms with Crippen molar-refractivity contribution in [3.8, 4) is 11.3 Å². The van der Waals surface area contributed by atoms with Gasteiger partial charge >= 0.3 is 6.09 Å². The van der Waals surface area contributed by atoms with Crippen molar-refractivity contribution in [2.24, 2.45) is 11.7 Å². The van der Waals surface area contributed by atoms with Crippen molar-refractivity contribution in [1.29, 1.82) is 0 Å².